The number of carbonyl (C=O) groups is 1. The van der Waals surface area contributed by atoms with Crippen LogP contribution in [0.4, 0.5) is 33.3 Å². The lowest BCUT2D eigenvalue weighted by molar-refractivity contribution is -0.142. The van der Waals surface area contributed by atoms with Crippen LogP contribution in [0.25, 0.3) is 5.70 Å². The first-order chi connectivity index (χ1) is 16.6. The smallest absolute Gasteiger partial charge is 0.409 e. The van der Waals surface area contributed by atoms with Gasteiger partial charge in [-0.1, -0.05) is 35.9 Å². The van der Waals surface area contributed by atoms with Crippen LogP contribution in [0.5, 0.6) is 5.75 Å². The number of anilines is 2. The summed E-state index contributed by atoms with van der Waals surface area (Å²) in [5, 5.41) is 4.13. The van der Waals surface area contributed by atoms with Gasteiger partial charge in [-0.15, -0.1) is 0 Å². The molecular formula is C24H17ClF5N3O2. The minimum atomic E-state index is -4.53. The van der Waals surface area contributed by atoms with Crippen molar-refractivity contribution in [3.8, 4) is 5.75 Å². The van der Waals surface area contributed by atoms with Gasteiger partial charge in [0.2, 0.25) is 0 Å². The maximum atomic E-state index is 13.4. The van der Waals surface area contributed by atoms with Crippen molar-refractivity contribution in [1.82, 2.24) is 5.43 Å². The molecule has 1 unspecified atom stereocenters. The van der Waals surface area contributed by atoms with E-state index in [2.05, 4.69) is 15.5 Å². The molecule has 0 aromatic heterocycles. The van der Waals surface area contributed by atoms with E-state index in [-0.39, 0.29) is 22.0 Å². The van der Waals surface area contributed by atoms with Gasteiger partial charge in [-0.2, -0.15) is 22.0 Å². The maximum Gasteiger partial charge on any atom is 0.409 e. The number of nitrogens with one attached hydrogen (secondary N) is 2. The number of hydrogen-bond donors (Lipinski definition) is 2. The zero-order chi connectivity index (χ0) is 25.2. The lowest BCUT2D eigenvalue weighted by Crippen LogP contribution is -2.44. The molecule has 1 heterocycles. The van der Waals surface area contributed by atoms with E-state index in [0.29, 0.717) is 16.9 Å². The number of hydrogen-bond acceptors (Lipinski definition) is 4. The van der Waals surface area contributed by atoms with Gasteiger partial charge in [0.25, 0.3) is 5.91 Å². The Morgan fingerprint density at radius 1 is 1.00 bits per heavy atom. The summed E-state index contributed by atoms with van der Waals surface area (Å²) >= 11 is 6.21. The molecule has 1 aliphatic rings. The highest BCUT2D eigenvalue weighted by molar-refractivity contribution is 6.33. The van der Waals surface area contributed by atoms with Crippen LogP contribution in [0.1, 0.15) is 15.9 Å². The maximum absolute atomic E-state index is 13.4. The predicted octanol–water partition coefficient (Wildman–Crippen LogP) is 6.49. The third-order valence-electron chi connectivity index (χ3n) is 5.06. The Morgan fingerprint density at radius 3 is 2.26 bits per heavy atom. The molecule has 182 valence electrons. The number of carbonyl (C=O) groups excluding carboxylic acids is 1. The molecular weight excluding hydrogens is 493 g/mol. The van der Waals surface area contributed by atoms with Gasteiger partial charge in [0.1, 0.15) is 11.8 Å². The van der Waals surface area contributed by atoms with Crippen LogP contribution in [-0.4, -0.2) is 24.7 Å². The molecule has 4 rings (SSSR count). The van der Waals surface area contributed by atoms with Crippen molar-refractivity contribution in [2.45, 2.75) is 18.8 Å². The second-order valence-corrected chi connectivity index (χ2v) is 7.83. The number of halogens is 6. The van der Waals surface area contributed by atoms with Crippen molar-refractivity contribution in [1.29, 1.82) is 0 Å². The quantitative estimate of drug-likeness (QED) is 0.373. The molecule has 3 aromatic rings. The second kappa shape index (κ2) is 9.93. The van der Waals surface area contributed by atoms with Crippen molar-refractivity contribution in [2.75, 3.05) is 10.3 Å². The summed E-state index contributed by atoms with van der Waals surface area (Å²) in [7, 11) is 0. The highest BCUT2D eigenvalue weighted by atomic mass is 35.5. The Bertz CT molecular complexity index is 1230. The van der Waals surface area contributed by atoms with E-state index >= 15 is 0 Å². The summed E-state index contributed by atoms with van der Waals surface area (Å²) in [6.07, 6.45) is -3.49. The van der Waals surface area contributed by atoms with Gasteiger partial charge in [0, 0.05) is 11.3 Å². The van der Waals surface area contributed by atoms with Crippen molar-refractivity contribution in [3.63, 3.8) is 0 Å². The lowest BCUT2D eigenvalue weighted by atomic mass is 10.1. The number of amides is 1. The molecule has 3 aromatic carbocycles. The van der Waals surface area contributed by atoms with Gasteiger partial charge in [0.05, 0.1) is 16.4 Å². The number of ether oxygens (including phenoxy) is 1. The monoisotopic (exact) mass is 509 g/mol. The van der Waals surface area contributed by atoms with E-state index in [9.17, 15) is 26.7 Å². The molecule has 2 N–H and O–H groups in total. The van der Waals surface area contributed by atoms with Crippen LogP contribution < -0.4 is 20.5 Å². The Balaban J connectivity index is 1.54. The Morgan fingerprint density at radius 2 is 1.66 bits per heavy atom. The molecule has 0 bridgehead atoms. The van der Waals surface area contributed by atoms with Crippen LogP contribution in [0.3, 0.4) is 0 Å². The molecule has 35 heavy (non-hydrogen) atoms. The van der Waals surface area contributed by atoms with E-state index in [1.54, 1.807) is 24.3 Å². The van der Waals surface area contributed by atoms with Crippen molar-refractivity contribution in [2.24, 2.45) is 0 Å². The average molecular weight is 510 g/mol. The lowest BCUT2D eigenvalue weighted by Gasteiger charge is -2.26. The van der Waals surface area contributed by atoms with Crippen molar-refractivity contribution >= 4 is 34.6 Å². The second-order valence-electron chi connectivity index (χ2n) is 7.42. The molecule has 5 nitrogen and oxygen atoms in total. The van der Waals surface area contributed by atoms with E-state index < -0.39 is 24.7 Å². The molecule has 0 spiro atoms. The Hall–Kier alpha value is -3.63. The third-order valence-corrected chi connectivity index (χ3v) is 5.38. The Kier molecular flexibility index (Phi) is 6.95. The predicted molar refractivity (Wildman–Crippen MR) is 122 cm³/mol. The van der Waals surface area contributed by atoms with Gasteiger partial charge >= 0.3 is 12.8 Å². The van der Waals surface area contributed by atoms with Gasteiger partial charge in [-0.25, -0.2) is 5.43 Å². The first-order valence-electron chi connectivity index (χ1n) is 10.2. The van der Waals surface area contributed by atoms with E-state index in [1.165, 1.54) is 53.5 Å². The molecule has 0 fully saturated rings. The largest absolute Gasteiger partial charge is 0.435 e. The highest BCUT2D eigenvalue weighted by Crippen LogP contribution is 2.37. The standard InChI is InChI=1S/C24H17ClF5N3O2/c25-18-3-1-2-4-19(18)33-20(13-21(32-33)24(28,29)30)14-5-7-15(8-6-14)22(34)31-16-9-11-17(12-10-16)35-23(26)27/h1-13,21,23,32H,(H,31,34). The zero-order valence-corrected chi connectivity index (χ0v) is 18.4. The van der Waals surface area contributed by atoms with Crippen LogP contribution in [-0.2, 0) is 0 Å². The van der Waals surface area contributed by atoms with Gasteiger partial charge in [-0.3, -0.25) is 9.80 Å². The van der Waals surface area contributed by atoms with Crippen molar-refractivity contribution < 1.29 is 31.5 Å². The molecule has 11 heteroatoms. The fourth-order valence-corrected chi connectivity index (χ4v) is 3.64. The number of benzene rings is 3. The minimum Gasteiger partial charge on any atom is -0.435 e. The van der Waals surface area contributed by atoms with Gasteiger partial charge in [-0.05, 0) is 60.2 Å². The Labute approximate surface area is 201 Å². The van der Waals surface area contributed by atoms with Crippen LogP contribution in [0.2, 0.25) is 5.02 Å². The van der Waals surface area contributed by atoms with Crippen LogP contribution in [0, 0.1) is 0 Å². The number of nitrogens with zero attached hydrogens (tertiary/aromatic N) is 1. The fourth-order valence-electron chi connectivity index (χ4n) is 3.42. The summed E-state index contributed by atoms with van der Waals surface area (Å²) in [5.74, 6) is -0.547. The molecule has 1 amide bonds. The topological polar surface area (TPSA) is 53.6 Å². The average Bonchev–Trinajstić information content (AvgIpc) is 3.26. The van der Waals surface area contributed by atoms with Crippen molar-refractivity contribution in [3.05, 3.63) is 95.0 Å². The van der Waals surface area contributed by atoms with Gasteiger partial charge in [0.15, 0.2) is 0 Å². The zero-order valence-electron chi connectivity index (χ0n) is 17.7. The summed E-state index contributed by atoms with van der Waals surface area (Å²) in [6, 6.07) is 15.9. The van der Waals surface area contributed by atoms with Gasteiger partial charge < -0.3 is 10.1 Å². The number of para-hydroxylation sites is 1. The highest BCUT2D eigenvalue weighted by Gasteiger charge is 2.44. The summed E-state index contributed by atoms with van der Waals surface area (Å²) in [4.78, 5) is 12.6. The van der Waals surface area contributed by atoms with Crippen LogP contribution >= 0.6 is 11.6 Å². The van der Waals surface area contributed by atoms with E-state index in [4.69, 9.17) is 11.6 Å². The molecule has 0 saturated carbocycles. The normalized spacial score (nSPS) is 15.8. The first-order valence-corrected chi connectivity index (χ1v) is 10.6. The fraction of sp³-hybridized carbons (Fsp3) is 0.125. The summed E-state index contributed by atoms with van der Waals surface area (Å²) in [5.41, 5.74) is 4.00. The molecule has 0 aliphatic carbocycles. The first kappa shape index (κ1) is 24.5. The number of hydrazine groups is 1. The molecule has 1 atom stereocenters. The van der Waals surface area contributed by atoms with Crippen LogP contribution in [0.15, 0.2) is 78.9 Å². The summed E-state index contributed by atoms with van der Waals surface area (Å²) in [6.45, 7) is -2.96. The number of alkyl halides is 5. The van der Waals surface area contributed by atoms with E-state index in [0.717, 1.165) is 6.08 Å². The molecule has 0 saturated heterocycles. The minimum absolute atomic E-state index is 0.0546. The third kappa shape index (κ3) is 5.72. The molecule has 0 radical (unpaired) electrons. The van der Waals surface area contributed by atoms with E-state index in [1.807, 2.05) is 0 Å². The molecule has 1 aliphatic heterocycles. The number of rotatable bonds is 6. The SMILES string of the molecule is O=C(Nc1ccc(OC(F)F)cc1)c1ccc(C2=CC(C(F)(F)F)NN2c2ccccc2Cl)cc1. The summed E-state index contributed by atoms with van der Waals surface area (Å²) < 4.78 is 69.1.